The number of carbonyl (C=O) groups excluding carboxylic acids is 1. The third-order valence-electron chi connectivity index (χ3n) is 6.70. The van der Waals surface area contributed by atoms with Gasteiger partial charge in [-0.1, -0.05) is 54.2 Å². The van der Waals surface area contributed by atoms with E-state index in [-0.39, 0.29) is 16.6 Å². The molecule has 0 saturated heterocycles. The summed E-state index contributed by atoms with van der Waals surface area (Å²) in [6.07, 6.45) is 1.55. The number of benzene rings is 4. The summed E-state index contributed by atoms with van der Waals surface area (Å²) in [5.41, 5.74) is 2.05. The molecule has 2 heterocycles. The quantitative estimate of drug-likeness (QED) is 0.175. The van der Waals surface area contributed by atoms with Gasteiger partial charge in [-0.05, 0) is 67.6 Å². The summed E-state index contributed by atoms with van der Waals surface area (Å²) >= 11 is 1.15. The average molecular weight is 628 g/mol. The van der Waals surface area contributed by atoms with Gasteiger partial charge in [-0.3, -0.25) is 9.36 Å². The Morgan fingerprint density at radius 3 is 2.43 bits per heavy atom. The summed E-state index contributed by atoms with van der Waals surface area (Å²) in [5.74, 6) is 0.230. The van der Waals surface area contributed by atoms with Gasteiger partial charge in [0.15, 0.2) is 11.0 Å². The van der Waals surface area contributed by atoms with Gasteiger partial charge in [-0.25, -0.2) is 16.8 Å². The SMILES string of the molecule is CCOc1ccc(-n2c(SCC(=O)Nc3cccc(F)c3)nnc2-c2cn(S(=O)(=O)c3ccccc3)c3ccccc23)cc1. The molecule has 6 aromatic rings. The fraction of sp³-hybridized carbons (Fsp3) is 0.0938. The molecule has 1 amide bonds. The van der Waals surface area contributed by atoms with Crippen LogP contribution in [-0.4, -0.2) is 45.4 Å². The molecule has 222 valence electrons. The number of rotatable bonds is 10. The molecule has 1 N–H and O–H groups in total. The summed E-state index contributed by atoms with van der Waals surface area (Å²) < 4.78 is 49.7. The van der Waals surface area contributed by atoms with Crippen LogP contribution in [0.3, 0.4) is 0 Å². The van der Waals surface area contributed by atoms with Crippen molar-refractivity contribution in [3.05, 3.63) is 115 Å². The van der Waals surface area contributed by atoms with Crippen LogP contribution in [0.5, 0.6) is 5.75 Å². The molecule has 0 spiro atoms. The maximum atomic E-state index is 13.7. The lowest BCUT2D eigenvalue weighted by molar-refractivity contribution is -0.113. The number of fused-ring (bicyclic) bond motifs is 1. The van der Waals surface area contributed by atoms with Crippen molar-refractivity contribution in [1.29, 1.82) is 0 Å². The van der Waals surface area contributed by atoms with Crippen LogP contribution in [0.4, 0.5) is 10.1 Å². The molecule has 0 fully saturated rings. The molecule has 0 atom stereocenters. The topological polar surface area (TPSA) is 108 Å². The Hall–Kier alpha value is -4.94. The van der Waals surface area contributed by atoms with Crippen molar-refractivity contribution in [2.75, 3.05) is 17.7 Å². The minimum atomic E-state index is -3.93. The number of para-hydroxylation sites is 1. The monoisotopic (exact) mass is 627 g/mol. The first-order chi connectivity index (χ1) is 21.3. The van der Waals surface area contributed by atoms with Gasteiger partial charge in [0, 0.05) is 28.5 Å². The lowest BCUT2D eigenvalue weighted by atomic mass is 10.1. The van der Waals surface area contributed by atoms with Gasteiger partial charge in [0.05, 0.1) is 22.8 Å². The minimum Gasteiger partial charge on any atom is -0.494 e. The van der Waals surface area contributed by atoms with Crippen molar-refractivity contribution in [1.82, 2.24) is 18.7 Å². The van der Waals surface area contributed by atoms with Crippen molar-refractivity contribution in [2.45, 2.75) is 17.0 Å². The summed E-state index contributed by atoms with van der Waals surface area (Å²) in [5, 5.41) is 12.6. The number of nitrogens with one attached hydrogen (secondary N) is 1. The van der Waals surface area contributed by atoms with E-state index in [9.17, 15) is 17.6 Å². The van der Waals surface area contributed by atoms with Gasteiger partial charge < -0.3 is 10.1 Å². The number of amides is 1. The molecule has 0 bridgehead atoms. The van der Waals surface area contributed by atoms with Gasteiger partial charge in [0.25, 0.3) is 10.0 Å². The van der Waals surface area contributed by atoms with E-state index in [2.05, 4.69) is 15.5 Å². The molecule has 0 aliphatic rings. The van der Waals surface area contributed by atoms with Crippen LogP contribution in [0.1, 0.15) is 6.92 Å². The maximum absolute atomic E-state index is 13.7. The molecule has 0 unspecified atom stereocenters. The van der Waals surface area contributed by atoms with Gasteiger partial charge in [-0.15, -0.1) is 10.2 Å². The first-order valence-electron chi connectivity index (χ1n) is 13.6. The number of anilines is 1. The number of halogens is 1. The van der Waals surface area contributed by atoms with Crippen LogP contribution in [0.2, 0.25) is 0 Å². The zero-order valence-electron chi connectivity index (χ0n) is 23.4. The van der Waals surface area contributed by atoms with Crippen molar-refractivity contribution >= 4 is 44.3 Å². The fourth-order valence-corrected chi connectivity index (χ4v) is 6.90. The Morgan fingerprint density at radius 1 is 0.932 bits per heavy atom. The van der Waals surface area contributed by atoms with E-state index in [1.165, 1.54) is 22.2 Å². The van der Waals surface area contributed by atoms with Crippen LogP contribution < -0.4 is 10.1 Å². The molecule has 12 heteroatoms. The number of aromatic nitrogens is 4. The standard InChI is InChI=1S/C32H26FN5O4S2/c1-2-42-25-17-15-24(16-18-25)38-31(35-36-32(38)43-21-30(39)34-23-10-8-9-22(33)19-23)28-20-37(29-14-7-6-13-27(28)29)44(40,41)26-11-4-3-5-12-26/h3-20H,2,21H2,1H3,(H,34,39). The smallest absolute Gasteiger partial charge is 0.268 e. The largest absolute Gasteiger partial charge is 0.494 e. The van der Waals surface area contributed by atoms with E-state index in [1.54, 1.807) is 59.3 Å². The normalized spacial score (nSPS) is 11.5. The Kier molecular flexibility index (Phi) is 8.18. The lowest BCUT2D eigenvalue weighted by Crippen LogP contribution is -2.14. The third kappa shape index (κ3) is 5.81. The minimum absolute atomic E-state index is 0.0319. The van der Waals surface area contributed by atoms with E-state index in [0.29, 0.717) is 51.2 Å². The zero-order valence-corrected chi connectivity index (χ0v) is 25.1. The molecular formula is C32H26FN5O4S2. The molecule has 0 radical (unpaired) electrons. The van der Waals surface area contributed by atoms with E-state index >= 15 is 0 Å². The van der Waals surface area contributed by atoms with Crippen molar-refractivity contribution in [2.24, 2.45) is 0 Å². The highest BCUT2D eigenvalue weighted by atomic mass is 32.2. The Morgan fingerprint density at radius 2 is 1.68 bits per heavy atom. The molecule has 6 rings (SSSR count). The first kappa shape index (κ1) is 29.1. The average Bonchev–Trinajstić information content (AvgIpc) is 3.63. The third-order valence-corrected chi connectivity index (χ3v) is 9.32. The van der Waals surface area contributed by atoms with Gasteiger partial charge in [0.1, 0.15) is 11.6 Å². The predicted molar refractivity (Wildman–Crippen MR) is 168 cm³/mol. The molecule has 0 aliphatic carbocycles. The highest BCUT2D eigenvalue weighted by molar-refractivity contribution is 7.99. The highest BCUT2D eigenvalue weighted by Gasteiger charge is 2.25. The van der Waals surface area contributed by atoms with Crippen LogP contribution in [0, 0.1) is 5.82 Å². The number of hydrogen-bond donors (Lipinski definition) is 1. The Bertz CT molecular complexity index is 2060. The second-order valence-corrected chi connectivity index (χ2v) is 12.3. The van der Waals surface area contributed by atoms with E-state index in [4.69, 9.17) is 4.74 Å². The van der Waals surface area contributed by atoms with Gasteiger partial charge in [-0.2, -0.15) is 0 Å². The van der Waals surface area contributed by atoms with Crippen LogP contribution in [-0.2, 0) is 14.8 Å². The lowest BCUT2D eigenvalue weighted by Gasteiger charge is -2.11. The summed E-state index contributed by atoms with van der Waals surface area (Å²) in [6.45, 7) is 2.41. The molecule has 4 aromatic carbocycles. The highest BCUT2D eigenvalue weighted by Crippen LogP contribution is 2.35. The van der Waals surface area contributed by atoms with Crippen LogP contribution in [0.15, 0.2) is 119 Å². The molecular weight excluding hydrogens is 602 g/mol. The maximum Gasteiger partial charge on any atom is 0.268 e. The molecule has 0 saturated carbocycles. The van der Waals surface area contributed by atoms with Gasteiger partial charge in [0.2, 0.25) is 5.91 Å². The molecule has 2 aromatic heterocycles. The van der Waals surface area contributed by atoms with Crippen molar-refractivity contribution < 1.29 is 22.3 Å². The van der Waals surface area contributed by atoms with Crippen LogP contribution >= 0.6 is 11.8 Å². The second kappa shape index (κ2) is 12.3. The molecule has 0 aliphatic heterocycles. The van der Waals surface area contributed by atoms with Crippen molar-refractivity contribution in [3.63, 3.8) is 0 Å². The fourth-order valence-electron chi connectivity index (χ4n) is 4.76. The summed E-state index contributed by atoms with van der Waals surface area (Å²) in [6, 6.07) is 28.4. The molecule has 9 nitrogen and oxygen atoms in total. The van der Waals surface area contributed by atoms with Crippen LogP contribution in [0.25, 0.3) is 28.0 Å². The van der Waals surface area contributed by atoms with E-state index < -0.39 is 15.8 Å². The number of carbonyl (C=O) groups is 1. The summed E-state index contributed by atoms with van der Waals surface area (Å²) in [4.78, 5) is 12.9. The van der Waals surface area contributed by atoms with E-state index in [1.807, 2.05) is 43.3 Å². The first-order valence-corrected chi connectivity index (χ1v) is 16.1. The second-order valence-electron chi connectivity index (χ2n) is 9.59. The van der Waals surface area contributed by atoms with E-state index in [0.717, 1.165) is 11.8 Å². The predicted octanol–water partition coefficient (Wildman–Crippen LogP) is 6.39. The number of ether oxygens (including phenoxy) is 1. The number of hydrogen-bond acceptors (Lipinski definition) is 7. The zero-order chi connectivity index (χ0) is 30.7. The van der Waals surface area contributed by atoms with Crippen molar-refractivity contribution in [3.8, 4) is 22.8 Å². The molecule has 44 heavy (non-hydrogen) atoms. The Labute approximate surface area is 257 Å². The van der Waals surface area contributed by atoms with Gasteiger partial charge >= 0.3 is 0 Å². The number of nitrogens with zero attached hydrogens (tertiary/aromatic N) is 4. The summed E-state index contributed by atoms with van der Waals surface area (Å²) in [7, 11) is -3.93. The Balaban J connectivity index is 1.43. The number of thioether (sulfide) groups is 1.